The molecule has 76 valence electrons. The van der Waals surface area contributed by atoms with E-state index in [2.05, 4.69) is 5.32 Å². The van der Waals surface area contributed by atoms with Crippen LogP contribution in [0.5, 0.6) is 0 Å². The Balaban J connectivity index is 3.07. The molecular formula is C9H12N2O3. The first-order valence-electron chi connectivity index (χ1n) is 4.13. The number of rotatable bonds is 4. The molecule has 0 aliphatic heterocycles. The standard InChI is InChI=1S/C9H12N2O3/c1-10-8-4-3-7(6-14-2)5-9(8)11(12)13/h3-5,10H,6H2,1-2H3. The van der Waals surface area contributed by atoms with Crippen molar-refractivity contribution in [1.82, 2.24) is 0 Å². The number of benzene rings is 1. The highest BCUT2D eigenvalue weighted by Gasteiger charge is 2.12. The maximum absolute atomic E-state index is 10.7. The molecule has 0 amide bonds. The van der Waals surface area contributed by atoms with E-state index in [1.807, 2.05) is 0 Å². The van der Waals surface area contributed by atoms with Gasteiger partial charge < -0.3 is 10.1 Å². The van der Waals surface area contributed by atoms with Crippen LogP contribution in [-0.4, -0.2) is 19.1 Å². The van der Waals surface area contributed by atoms with Gasteiger partial charge in [0.25, 0.3) is 5.69 Å². The number of anilines is 1. The lowest BCUT2D eigenvalue weighted by atomic mass is 10.2. The van der Waals surface area contributed by atoms with E-state index in [1.54, 1.807) is 26.3 Å². The third-order valence-electron chi connectivity index (χ3n) is 1.84. The number of nitrogens with one attached hydrogen (secondary N) is 1. The lowest BCUT2D eigenvalue weighted by Crippen LogP contribution is -1.98. The number of hydrogen-bond acceptors (Lipinski definition) is 4. The molecule has 5 nitrogen and oxygen atoms in total. The first kappa shape index (κ1) is 10.5. The molecule has 0 atom stereocenters. The van der Waals surface area contributed by atoms with Crippen LogP contribution in [0, 0.1) is 10.1 Å². The number of nitro benzene ring substituents is 1. The molecule has 1 aromatic rings. The number of hydrogen-bond donors (Lipinski definition) is 1. The molecule has 0 aromatic heterocycles. The van der Waals surface area contributed by atoms with Crippen molar-refractivity contribution in [3.8, 4) is 0 Å². The van der Waals surface area contributed by atoms with Gasteiger partial charge in [0, 0.05) is 20.2 Å². The quantitative estimate of drug-likeness (QED) is 0.589. The summed E-state index contributed by atoms with van der Waals surface area (Å²) >= 11 is 0. The van der Waals surface area contributed by atoms with Gasteiger partial charge in [-0.1, -0.05) is 6.07 Å². The molecule has 14 heavy (non-hydrogen) atoms. The van der Waals surface area contributed by atoms with E-state index < -0.39 is 4.92 Å². The first-order chi connectivity index (χ1) is 6.69. The fourth-order valence-electron chi connectivity index (χ4n) is 1.20. The van der Waals surface area contributed by atoms with E-state index in [0.29, 0.717) is 12.3 Å². The van der Waals surface area contributed by atoms with E-state index in [1.165, 1.54) is 6.07 Å². The van der Waals surface area contributed by atoms with Gasteiger partial charge in [-0.05, 0) is 11.6 Å². The molecular weight excluding hydrogens is 184 g/mol. The lowest BCUT2D eigenvalue weighted by molar-refractivity contribution is -0.384. The van der Waals surface area contributed by atoms with Crippen molar-refractivity contribution in [2.45, 2.75) is 6.61 Å². The maximum Gasteiger partial charge on any atom is 0.292 e. The van der Waals surface area contributed by atoms with Gasteiger partial charge in [0.2, 0.25) is 0 Å². The minimum Gasteiger partial charge on any atom is -0.383 e. The highest BCUT2D eigenvalue weighted by molar-refractivity contribution is 5.62. The Morgan fingerprint density at radius 2 is 2.29 bits per heavy atom. The van der Waals surface area contributed by atoms with E-state index in [-0.39, 0.29) is 5.69 Å². The Bertz CT molecular complexity index is 339. The Labute approximate surface area is 81.8 Å². The lowest BCUT2D eigenvalue weighted by Gasteiger charge is -2.04. The molecule has 0 fully saturated rings. The van der Waals surface area contributed by atoms with Crippen LogP contribution in [-0.2, 0) is 11.3 Å². The normalized spacial score (nSPS) is 9.86. The third-order valence-corrected chi connectivity index (χ3v) is 1.84. The highest BCUT2D eigenvalue weighted by Crippen LogP contribution is 2.25. The molecule has 0 saturated heterocycles. The highest BCUT2D eigenvalue weighted by atomic mass is 16.6. The molecule has 0 spiro atoms. The molecule has 5 heteroatoms. The van der Waals surface area contributed by atoms with Crippen molar-refractivity contribution in [3.05, 3.63) is 33.9 Å². The summed E-state index contributed by atoms with van der Waals surface area (Å²) < 4.78 is 4.89. The van der Waals surface area contributed by atoms with Crippen LogP contribution < -0.4 is 5.32 Å². The van der Waals surface area contributed by atoms with Crippen molar-refractivity contribution < 1.29 is 9.66 Å². The second-order valence-corrected chi connectivity index (χ2v) is 2.79. The van der Waals surface area contributed by atoms with Crippen molar-refractivity contribution in [1.29, 1.82) is 0 Å². The monoisotopic (exact) mass is 196 g/mol. The fourth-order valence-corrected chi connectivity index (χ4v) is 1.20. The summed E-state index contributed by atoms with van der Waals surface area (Å²) in [7, 11) is 3.20. The van der Waals surface area contributed by atoms with Crippen LogP contribution in [0.3, 0.4) is 0 Å². The summed E-state index contributed by atoms with van der Waals surface area (Å²) in [6, 6.07) is 4.98. The van der Waals surface area contributed by atoms with Crippen LogP contribution in [0.4, 0.5) is 11.4 Å². The third kappa shape index (κ3) is 2.20. The fraction of sp³-hybridized carbons (Fsp3) is 0.333. The van der Waals surface area contributed by atoms with Gasteiger partial charge in [0.1, 0.15) is 5.69 Å². The van der Waals surface area contributed by atoms with Crippen LogP contribution in [0.15, 0.2) is 18.2 Å². The Kier molecular flexibility index (Phi) is 3.41. The van der Waals surface area contributed by atoms with Crippen molar-refractivity contribution in [3.63, 3.8) is 0 Å². The molecule has 0 saturated carbocycles. The van der Waals surface area contributed by atoms with E-state index in [0.717, 1.165) is 5.56 Å². The zero-order valence-electron chi connectivity index (χ0n) is 8.11. The molecule has 0 heterocycles. The van der Waals surface area contributed by atoms with Gasteiger partial charge in [-0.25, -0.2) is 0 Å². The molecule has 0 aliphatic rings. The average Bonchev–Trinajstić information content (AvgIpc) is 2.18. The number of nitrogens with zero attached hydrogens (tertiary/aromatic N) is 1. The van der Waals surface area contributed by atoms with Crippen LogP contribution >= 0.6 is 0 Å². The second kappa shape index (κ2) is 4.57. The van der Waals surface area contributed by atoms with E-state index in [9.17, 15) is 10.1 Å². The maximum atomic E-state index is 10.7. The van der Waals surface area contributed by atoms with Crippen LogP contribution in [0.2, 0.25) is 0 Å². The van der Waals surface area contributed by atoms with E-state index in [4.69, 9.17) is 4.74 Å². The summed E-state index contributed by atoms with van der Waals surface area (Å²) in [5.41, 5.74) is 1.37. The molecule has 0 bridgehead atoms. The van der Waals surface area contributed by atoms with Gasteiger partial charge in [-0.3, -0.25) is 10.1 Å². The minimum atomic E-state index is -0.412. The Hall–Kier alpha value is -1.62. The van der Waals surface area contributed by atoms with E-state index >= 15 is 0 Å². The molecule has 1 rings (SSSR count). The number of nitro groups is 1. The summed E-state index contributed by atoms with van der Waals surface area (Å²) in [4.78, 5) is 10.3. The second-order valence-electron chi connectivity index (χ2n) is 2.79. The van der Waals surface area contributed by atoms with Crippen molar-refractivity contribution >= 4 is 11.4 Å². The predicted molar refractivity (Wildman–Crippen MR) is 53.4 cm³/mol. The van der Waals surface area contributed by atoms with Crippen molar-refractivity contribution in [2.75, 3.05) is 19.5 Å². The molecule has 0 aliphatic carbocycles. The molecule has 1 N–H and O–H groups in total. The predicted octanol–water partition coefficient (Wildman–Crippen LogP) is 1.78. The average molecular weight is 196 g/mol. The van der Waals surface area contributed by atoms with Gasteiger partial charge in [-0.15, -0.1) is 0 Å². The molecule has 1 aromatic carbocycles. The largest absolute Gasteiger partial charge is 0.383 e. The molecule has 0 radical (unpaired) electrons. The number of ether oxygens (including phenoxy) is 1. The topological polar surface area (TPSA) is 64.4 Å². The zero-order valence-corrected chi connectivity index (χ0v) is 8.11. The van der Waals surface area contributed by atoms with Crippen LogP contribution in [0.25, 0.3) is 0 Å². The smallest absolute Gasteiger partial charge is 0.292 e. The molecule has 0 unspecified atom stereocenters. The Morgan fingerprint density at radius 1 is 1.57 bits per heavy atom. The van der Waals surface area contributed by atoms with Gasteiger partial charge in [0.15, 0.2) is 0 Å². The van der Waals surface area contributed by atoms with Gasteiger partial charge in [-0.2, -0.15) is 0 Å². The summed E-state index contributed by atoms with van der Waals surface area (Å²) in [6.45, 7) is 0.380. The first-order valence-corrected chi connectivity index (χ1v) is 4.13. The summed E-state index contributed by atoms with van der Waals surface area (Å²) in [6.07, 6.45) is 0. The Morgan fingerprint density at radius 3 is 2.79 bits per heavy atom. The minimum absolute atomic E-state index is 0.0713. The summed E-state index contributed by atoms with van der Waals surface area (Å²) in [5.74, 6) is 0. The summed E-state index contributed by atoms with van der Waals surface area (Å²) in [5, 5.41) is 13.4. The zero-order chi connectivity index (χ0) is 10.6. The van der Waals surface area contributed by atoms with Crippen LogP contribution in [0.1, 0.15) is 5.56 Å². The number of methoxy groups -OCH3 is 1. The van der Waals surface area contributed by atoms with Gasteiger partial charge >= 0.3 is 0 Å². The van der Waals surface area contributed by atoms with Gasteiger partial charge in [0.05, 0.1) is 11.5 Å². The SMILES string of the molecule is CNc1ccc(COC)cc1[N+](=O)[O-]. The van der Waals surface area contributed by atoms with Crippen molar-refractivity contribution in [2.24, 2.45) is 0 Å².